The Balaban J connectivity index is 1.63. The molecule has 0 radical (unpaired) electrons. The van der Waals surface area contributed by atoms with E-state index in [1.54, 1.807) is 6.33 Å². The van der Waals surface area contributed by atoms with E-state index in [1.165, 1.54) is 0 Å². The van der Waals surface area contributed by atoms with Gasteiger partial charge in [-0.2, -0.15) is 0 Å². The Bertz CT molecular complexity index is 907. The third-order valence-electron chi connectivity index (χ3n) is 4.87. The molecule has 1 atom stereocenters. The molecule has 3 aromatic heterocycles. The zero-order valence-corrected chi connectivity index (χ0v) is 15.2. The van der Waals surface area contributed by atoms with Gasteiger partial charge in [-0.15, -0.1) is 10.2 Å². The van der Waals surface area contributed by atoms with E-state index in [0.717, 1.165) is 60.4 Å². The minimum absolute atomic E-state index is 0.284. The van der Waals surface area contributed by atoms with Gasteiger partial charge in [0.15, 0.2) is 17.0 Å². The van der Waals surface area contributed by atoms with Gasteiger partial charge in [0, 0.05) is 31.5 Å². The predicted molar refractivity (Wildman–Crippen MR) is 95.6 cm³/mol. The Morgan fingerprint density at radius 1 is 1.28 bits per heavy atom. The van der Waals surface area contributed by atoms with Crippen molar-refractivity contribution in [1.29, 1.82) is 0 Å². The van der Waals surface area contributed by atoms with E-state index >= 15 is 0 Å². The van der Waals surface area contributed by atoms with Crippen LogP contribution in [0.4, 0.5) is 5.82 Å². The lowest BCUT2D eigenvalue weighted by Crippen LogP contribution is -2.32. The molecule has 25 heavy (non-hydrogen) atoms. The van der Waals surface area contributed by atoms with Crippen molar-refractivity contribution < 1.29 is 0 Å². The maximum absolute atomic E-state index is 4.67. The molecule has 1 N–H and O–H groups in total. The molecule has 1 unspecified atom stereocenters. The van der Waals surface area contributed by atoms with Crippen LogP contribution >= 0.6 is 0 Å². The third kappa shape index (κ3) is 2.65. The normalized spacial score (nSPS) is 17.2. The summed E-state index contributed by atoms with van der Waals surface area (Å²) in [6, 6.07) is 0.284. The van der Waals surface area contributed by atoms with E-state index in [9.17, 15) is 0 Å². The van der Waals surface area contributed by atoms with Crippen molar-refractivity contribution in [3.8, 4) is 0 Å². The molecule has 132 valence electrons. The zero-order chi connectivity index (χ0) is 17.6. The first kappa shape index (κ1) is 16.0. The van der Waals surface area contributed by atoms with Crippen LogP contribution in [0.1, 0.15) is 50.6 Å². The fourth-order valence-electron chi connectivity index (χ4n) is 3.62. The first-order chi connectivity index (χ1) is 12.1. The summed E-state index contributed by atoms with van der Waals surface area (Å²) in [4.78, 5) is 13.5. The van der Waals surface area contributed by atoms with Crippen LogP contribution in [0.2, 0.25) is 0 Å². The van der Waals surface area contributed by atoms with Gasteiger partial charge in [-0.25, -0.2) is 15.0 Å². The summed E-state index contributed by atoms with van der Waals surface area (Å²) < 4.78 is 4.36. The van der Waals surface area contributed by atoms with Crippen LogP contribution in [0.5, 0.6) is 0 Å². The summed E-state index contributed by atoms with van der Waals surface area (Å²) in [6.45, 7) is 10.1. The number of anilines is 1. The highest BCUT2D eigenvalue weighted by Gasteiger charge is 2.25. The molecule has 4 heterocycles. The van der Waals surface area contributed by atoms with Crippen LogP contribution in [0.15, 0.2) is 6.33 Å². The first-order valence-corrected chi connectivity index (χ1v) is 8.94. The fourth-order valence-corrected chi connectivity index (χ4v) is 3.62. The standard InChI is InChI=1S/C17H24N8/c1-5-24-11(4)20-14-15(18-9-19-17(14)24)21-12-6-7-13-22-23-16(10(2)3)25(13)8-12/h9-10,12H,5-8H2,1-4H3,(H,18,19,21). The second kappa shape index (κ2) is 6.09. The number of hydrogen-bond acceptors (Lipinski definition) is 6. The molecule has 0 spiro atoms. The molecule has 0 fully saturated rings. The van der Waals surface area contributed by atoms with Crippen LogP contribution in [-0.4, -0.2) is 40.3 Å². The average molecular weight is 340 g/mol. The monoisotopic (exact) mass is 340 g/mol. The lowest BCUT2D eigenvalue weighted by atomic mass is 10.1. The van der Waals surface area contributed by atoms with Gasteiger partial charge in [0.25, 0.3) is 0 Å². The summed E-state index contributed by atoms with van der Waals surface area (Å²) in [5.74, 6) is 4.29. The van der Waals surface area contributed by atoms with E-state index in [2.05, 4.69) is 60.4 Å². The third-order valence-corrected chi connectivity index (χ3v) is 4.87. The van der Waals surface area contributed by atoms with Crippen molar-refractivity contribution in [2.24, 2.45) is 0 Å². The van der Waals surface area contributed by atoms with Gasteiger partial charge in [0.1, 0.15) is 23.8 Å². The Kier molecular flexibility index (Phi) is 3.89. The van der Waals surface area contributed by atoms with Gasteiger partial charge in [0.2, 0.25) is 0 Å². The van der Waals surface area contributed by atoms with Crippen molar-refractivity contribution in [1.82, 2.24) is 34.3 Å². The van der Waals surface area contributed by atoms with Crippen molar-refractivity contribution in [2.75, 3.05) is 5.32 Å². The quantitative estimate of drug-likeness (QED) is 0.784. The molecule has 0 bridgehead atoms. The van der Waals surface area contributed by atoms with E-state index in [-0.39, 0.29) is 6.04 Å². The molecule has 0 aliphatic carbocycles. The van der Waals surface area contributed by atoms with E-state index in [0.29, 0.717) is 5.92 Å². The highest BCUT2D eigenvalue weighted by atomic mass is 15.3. The highest BCUT2D eigenvalue weighted by molar-refractivity contribution is 5.83. The van der Waals surface area contributed by atoms with Crippen LogP contribution < -0.4 is 5.32 Å². The Hall–Kier alpha value is -2.51. The molecular weight excluding hydrogens is 316 g/mol. The van der Waals surface area contributed by atoms with E-state index in [4.69, 9.17) is 0 Å². The molecule has 0 amide bonds. The van der Waals surface area contributed by atoms with E-state index in [1.807, 2.05) is 6.92 Å². The minimum atomic E-state index is 0.284. The number of rotatable bonds is 4. The zero-order valence-electron chi connectivity index (χ0n) is 15.2. The van der Waals surface area contributed by atoms with Gasteiger partial charge in [-0.1, -0.05) is 13.8 Å². The average Bonchev–Trinajstić information content (AvgIpc) is 3.15. The van der Waals surface area contributed by atoms with Gasteiger partial charge < -0.3 is 14.5 Å². The molecule has 1 aliphatic heterocycles. The number of imidazole rings is 1. The molecule has 8 nitrogen and oxygen atoms in total. The Morgan fingerprint density at radius 2 is 2.12 bits per heavy atom. The molecule has 0 aromatic carbocycles. The van der Waals surface area contributed by atoms with Crippen molar-refractivity contribution >= 4 is 17.0 Å². The lowest BCUT2D eigenvalue weighted by molar-refractivity contribution is 0.459. The topological polar surface area (TPSA) is 86.3 Å². The maximum atomic E-state index is 4.67. The van der Waals surface area contributed by atoms with Gasteiger partial charge in [0.05, 0.1) is 0 Å². The Morgan fingerprint density at radius 3 is 2.88 bits per heavy atom. The fraction of sp³-hybridized carbons (Fsp3) is 0.588. The van der Waals surface area contributed by atoms with Crippen LogP contribution in [0.25, 0.3) is 11.2 Å². The molecule has 8 heteroatoms. The molecule has 4 rings (SSSR count). The summed E-state index contributed by atoms with van der Waals surface area (Å²) >= 11 is 0. The molecule has 0 saturated carbocycles. The number of hydrogen-bond donors (Lipinski definition) is 1. The summed E-state index contributed by atoms with van der Waals surface area (Å²) in [5, 5.41) is 12.3. The molecule has 3 aromatic rings. The summed E-state index contributed by atoms with van der Waals surface area (Å²) in [6.07, 6.45) is 3.55. The van der Waals surface area contributed by atoms with Gasteiger partial charge >= 0.3 is 0 Å². The van der Waals surface area contributed by atoms with E-state index < -0.39 is 0 Å². The van der Waals surface area contributed by atoms with Gasteiger partial charge in [-0.05, 0) is 20.3 Å². The first-order valence-electron chi connectivity index (χ1n) is 8.94. The number of aryl methyl sites for hydroxylation is 3. The minimum Gasteiger partial charge on any atom is -0.364 e. The lowest BCUT2D eigenvalue weighted by Gasteiger charge is -2.26. The smallest absolute Gasteiger partial charge is 0.165 e. The van der Waals surface area contributed by atoms with Crippen molar-refractivity contribution in [2.45, 2.75) is 65.6 Å². The maximum Gasteiger partial charge on any atom is 0.165 e. The summed E-state index contributed by atoms with van der Waals surface area (Å²) in [5.41, 5.74) is 1.74. The predicted octanol–water partition coefficient (Wildman–Crippen LogP) is 2.30. The molecular formula is C17H24N8. The highest BCUT2D eigenvalue weighted by Crippen LogP contribution is 2.25. The summed E-state index contributed by atoms with van der Waals surface area (Å²) in [7, 11) is 0. The number of fused-ring (bicyclic) bond motifs is 2. The largest absolute Gasteiger partial charge is 0.364 e. The van der Waals surface area contributed by atoms with Crippen LogP contribution in [0, 0.1) is 6.92 Å². The number of nitrogens with zero attached hydrogens (tertiary/aromatic N) is 7. The second-order valence-corrected chi connectivity index (χ2v) is 6.92. The van der Waals surface area contributed by atoms with Gasteiger partial charge in [-0.3, -0.25) is 0 Å². The van der Waals surface area contributed by atoms with Crippen LogP contribution in [0.3, 0.4) is 0 Å². The van der Waals surface area contributed by atoms with Crippen molar-refractivity contribution in [3.05, 3.63) is 23.8 Å². The Labute approximate surface area is 146 Å². The molecule has 0 saturated heterocycles. The molecule has 1 aliphatic rings. The second-order valence-electron chi connectivity index (χ2n) is 6.92. The number of nitrogens with one attached hydrogen (secondary N) is 1. The van der Waals surface area contributed by atoms with Crippen molar-refractivity contribution in [3.63, 3.8) is 0 Å². The number of aromatic nitrogens is 7. The van der Waals surface area contributed by atoms with Crippen LogP contribution in [-0.2, 0) is 19.5 Å². The SMILES string of the molecule is CCn1c(C)nc2c(NC3CCc4nnc(C(C)C)n4C3)ncnc21.